The van der Waals surface area contributed by atoms with Gasteiger partial charge in [-0.05, 0) is 32.1 Å². The molecule has 0 radical (unpaired) electrons. The van der Waals surface area contributed by atoms with E-state index in [-0.39, 0.29) is 11.8 Å². The van der Waals surface area contributed by atoms with Crippen LogP contribution in [0.3, 0.4) is 0 Å². The fourth-order valence-corrected chi connectivity index (χ4v) is 2.77. The first kappa shape index (κ1) is 15.0. The second kappa shape index (κ2) is 6.89. The van der Waals surface area contributed by atoms with Crippen LogP contribution in [0.15, 0.2) is 0 Å². The molecule has 1 aromatic heterocycles. The molecular formula is C15H23N5O2. The smallest absolute Gasteiger partial charge is 0.321 e. The Labute approximate surface area is 130 Å². The summed E-state index contributed by atoms with van der Waals surface area (Å²) in [6.45, 7) is 2.25. The average Bonchev–Trinajstić information content (AvgIpc) is 2.52. The molecule has 120 valence electrons. The summed E-state index contributed by atoms with van der Waals surface area (Å²) in [5, 5.41) is 2.92. The van der Waals surface area contributed by atoms with Gasteiger partial charge in [-0.2, -0.15) is 15.0 Å². The van der Waals surface area contributed by atoms with Crippen molar-refractivity contribution in [3.8, 4) is 6.01 Å². The Morgan fingerprint density at radius 3 is 2.59 bits per heavy atom. The van der Waals surface area contributed by atoms with Gasteiger partial charge in [0, 0.05) is 19.0 Å². The number of amides is 1. The zero-order valence-electron chi connectivity index (χ0n) is 13.0. The lowest BCUT2D eigenvalue weighted by atomic mass is 9.85. The van der Waals surface area contributed by atoms with Crippen molar-refractivity contribution in [2.24, 2.45) is 5.92 Å². The van der Waals surface area contributed by atoms with Gasteiger partial charge in [-0.15, -0.1) is 0 Å². The molecule has 1 saturated heterocycles. The third kappa shape index (κ3) is 3.45. The first-order valence-electron chi connectivity index (χ1n) is 8.08. The number of nitrogens with one attached hydrogen (secondary N) is 1. The predicted octanol–water partition coefficient (Wildman–Crippen LogP) is 1.29. The van der Waals surface area contributed by atoms with Gasteiger partial charge in [0.15, 0.2) is 5.82 Å². The number of carbonyl (C=O) groups excluding carboxylic acids is 1. The number of anilines is 1. The Bertz CT molecular complexity index is 527. The van der Waals surface area contributed by atoms with E-state index in [2.05, 4.69) is 25.2 Å². The zero-order chi connectivity index (χ0) is 15.4. The molecule has 0 atom stereocenters. The van der Waals surface area contributed by atoms with Gasteiger partial charge < -0.3 is 15.0 Å². The Hall–Kier alpha value is -1.92. The van der Waals surface area contributed by atoms with Gasteiger partial charge in [-0.1, -0.05) is 6.42 Å². The summed E-state index contributed by atoms with van der Waals surface area (Å²) in [6, 6.07) is 0.309. The van der Waals surface area contributed by atoms with Crippen molar-refractivity contribution in [1.29, 1.82) is 0 Å². The van der Waals surface area contributed by atoms with E-state index in [1.807, 2.05) is 0 Å². The van der Waals surface area contributed by atoms with E-state index >= 15 is 0 Å². The van der Waals surface area contributed by atoms with Crippen LogP contribution in [0.2, 0.25) is 0 Å². The topological polar surface area (TPSA) is 80.2 Å². The summed E-state index contributed by atoms with van der Waals surface area (Å²) in [6.07, 6.45) is 6.69. The van der Waals surface area contributed by atoms with Gasteiger partial charge in [-0.25, -0.2) is 0 Å². The maximum absolute atomic E-state index is 11.9. The number of aromatic nitrogens is 3. The number of rotatable bonds is 5. The maximum Gasteiger partial charge on any atom is 0.321 e. The molecule has 0 spiro atoms. The zero-order valence-corrected chi connectivity index (χ0v) is 13.0. The minimum absolute atomic E-state index is 0.102. The van der Waals surface area contributed by atoms with Crippen molar-refractivity contribution < 1.29 is 9.53 Å². The van der Waals surface area contributed by atoms with Crippen LogP contribution >= 0.6 is 0 Å². The molecule has 7 heteroatoms. The minimum Gasteiger partial charge on any atom is -0.467 e. The summed E-state index contributed by atoms with van der Waals surface area (Å²) in [5.74, 6) is 1.48. The average molecular weight is 305 g/mol. The molecule has 2 fully saturated rings. The molecule has 2 aliphatic rings. The monoisotopic (exact) mass is 305 g/mol. The van der Waals surface area contributed by atoms with Crippen molar-refractivity contribution in [3.63, 3.8) is 0 Å². The molecular weight excluding hydrogens is 282 g/mol. The van der Waals surface area contributed by atoms with E-state index in [9.17, 15) is 4.79 Å². The molecule has 1 amide bonds. The number of ether oxygens (including phenoxy) is 1. The lowest BCUT2D eigenvalue weighted by Crippen LogP contribution is -2.35. The van der Waals surface area contributed by atoms with Gasteiger partial charge in [0.25, 0.3) is 0 Å². The van der Waals surface area contributed by atoms with Crippen LogP contribution in [-0.4, -0.2) is 41.1 Å². The van der Waals surface area contributed by atoms with Crippen LogP contribution in [0.4, 0.5) is 5.95 Å². The number of methoxy groups -OCH3 is 1. The Morgan fingerprint density at radius 1 is 1.18 bits per heavy atom. The fraction of sp³-hybridized carbons (Fsp3) is 0.733. The highest BCUT2D eigenvalue weighted by Gasteiger charge is 2.25. The van der Waals surface area contributed by atoms with Crippen molar-refractivity contribution in [2.45, 2.75) is 45.1 Å². The minimum atomic E-state index is 0.102. The lowest BCUT2D eigenvalue weighted by Gasteiger charge is -2.27. The van der Waals surface area contributed by atoms with E-state index < -0.39 is 0 Å². The first-order valence-corrected chi connectivity index (χ1v) is 8.08. The molecule has 7 nitrogen and oxygen atoms in total. The van der Waals surface area contributed by atoms with Gasteiger partial charge in [0.2, 0.25) is 11.9 Å². The van der Waals surface area contributed by atoms with Crippen LogP contribution in [0, 0.1) is 5.92 Å². The molecule has 1 N–H and O–H groups in total. The fourth-order valence-electron chi connectivity index (χ4n) is 2.77. The van der Waals surface area contributed by atoms with Crippen LogP contribution in [-0.2, 0) is 11.3 Å². The highest BCUT2D eigenvalue weighted by atomic mass is 16.5. The second-order valence-electron chi connectivity index (χ2n) is 5.93. The highest BCUT2D eigenvalue weighted by Crippen LogP contribution is 2.26. The number of hydrogen-bond acceptors (Lipinski definition) is 6. The van der Waals surface area contributed by atoms with E-state index in [1.54, 1.807) is 7.11 Å². The number of carbonyl (C=O) groups is 1. The van der Waals surface area contributed by atoms with Gasteiger partial charge in [0.1, 0.15) is 0 Å². The Kier molecular flexibility index (Phi) is 4.70. The number of nitrogens with zero attached hydrogens (tertiary/aromatic N) is 4. The van der Waals surface area contributed by atoms with Gasteiger partial charge in [-0.3, -0.25) is 4.79 Å². The molecule has 1 aliphatic heterocycles. The quantitative estimate of drug-likeness (QED) is 0.883. The van der Waals surface area contributed by atoms with E-state index in [0.717, 1.165) is 45.2 Å². The van der Waals surface area contributed by atoms with Crippen molar-refractivity contribution in [2.75, 3.05) is 25.1 Å². The molecule has 22 heavy (non-hydrogen) atoms. The summed E-state index contributed by atoms with van der Waals surface area (Å²) in [7, 11) is 1.55. The largest absolute Gasteiger partial charge is 0.467 e. The van der Waals surface area contributed by atoms with Crippen molar-refractivity contribution >= 4 is 11.9 Å². The van der Waals surface area contributed by atoms with Crippen LogP contribution in [0.1, 0.15) is 44.3 Å². The maximum atomic E-state index is 11.9. The van der Waals surface area contributed by atoms with E-state index in [4.69, 9.17) is 4.74 Å². The molecule has 2 heterocycles. The SMILES string of the molecule is COc1nc(CNC(=O)C2CCC2)nc(N2CCCCC2)n1. The number of hydrogen-bond donors (Lipinski definition) is 1. The summed E-state index contributed by atoms with van der Waals surface area (Å²) in [4.78, 5) is 27.1. The van der Waals surface area contributed by atoms with Crippen LogP contribution in [0.25, 0.3) is 0 Å². The molecule has 1 aliphatic carbocycles. The van der Waals surface area contributed by atoms with E-state index in [1.165, 1.54) is 6.42 Å². The highest BCUT2D eigenvalue weighted by molar-refractivity contribution is 5.79. The molecule has 1 saturated carbocycles. The molecule has 0 unspecified atom stereocenters. The normalized spacial score (nSPS) is 18.7. The molecule has 1 aromatic rings. The van der Waals surface area contributed by atoms with Crippen LogP contribution < -0.4 is 15.0 Å². The summed E-state index contributed by atoms with van der Waals surface area (Å²) >= 11 is 0. The third-order valence-corrected chi connectivity index (χ3v) is 4.37. The number of piperidine rings is 1. The molecule has 0 bridgehead atoms. The van der Waals surface area contributed by atoms with Gasteiger partial charge >= 0.3 is 6.01 Å². The third-order valence-electron chi connectivity index (χ3n) is 4.37. The molecule has 3 rings (SSSR count). The lowest BCUT2D eigenvalue weighted by molar-refractivity contribution is -0.127. The Morgan fingerprint density at radius 2 is 1.95 bits per heavy atom. The summed E-state index contributed by atoms with van der Waals surface area (Å²) in [5.41, 5.74) is 0. The predicted molar refractivity (Wildman–Crippen MR) is 81.6 cm³/mol. The summed E-state index contributed by atoms with van der Waals surface area (Å²) < 4.78 is 5.17. The van der Waals surface area contributed by atoms with E-state index in [0.29, 0.717) is 24.3 Å². The first-order chi connectivity index (χ1) is 10.8. The Balaban J connectivity index is 1.67. The van der Waals surface area contributed by atoms with Crippen molar-refractivity contribution in [3.05, 3.63) is 5.82 Å². The van der Waals surface area contributed by atoms with Gasteiger partial charge in [0.05, 0.1) is 13.7 Å². The molecule has 0 aromatic carbocycles. The van der Waals surface area contributed by atoms with Crippen molar-refractivity contribution in [1.82, 2.24) is 20.3 Å². The second-order valence-corrected chi connectivity index (χ2v) is 5.93. The van der Waals surface area contributed by atoms with Crippen LogP contribution in [0.5, 0.6) is 6.01 Å². The standard InChI is InChI=1S/C15H23N5O2/c1-22-15-18-12(10-16-13(21)11-6-5-7-11)17-14(19-15)20-8-3-2-4-9-20/h11H,2-10H2,1H3,(H,16,21).